The van der Waals surface area contributed by atoms with Crippen molar-refractivity contribution in [2.75, 3.05) is 13.2 Å². The van der Waals surface area contributed by atoms with Gasteiger partial charge < -0.3 is 14.8 Å². The summed E-state index contributed by atoms with van der Waals surface area (Å²) in [6, 6.07) is 4.24. The van der Waals surface area contributed by atoms with Crippen molar-refractivity contribution in [1.82, 2.24) is 5.32 Å². The van der Waals surface area contributed by atoms with Crippen LogP contribution in [0.5, 0.6) is 0 Å². The van der Waals surface area contributed by atoms with Crippen molar-refractivity contribution < 1.29 is 14.3 Å². The van der Waals surface area contributed by atoms with E-state index in [1.165, 1.54) is 5.56 Å². The van der Waals surface area contributed by atoms with Gasteiger partial charge in [-0.3, -0.25) is 4.79 Å². The molecule has 0 atom stereocenters. The molecule has 4 nitrogen and oxygen atoms in total. The maximum absolute atomic E-state index is 12.4. The second kappa shape index (κ2) is 6.01. The van der Waals surface area contributed by atoms with Crippen LogP contribution >= 0.6 is 0 Å². The van der Waals surface area contributed by atoms with E-state index in [2.05, 4.69) is 38.2 Å². The Hall–Kier alpha value is -1.39. The summed E-state index contributed by atoms with van der Waals surface area (Å²) in [7, 11) is 0. The lowest BCUT2D eigenvalue weighted by Crippen LogP contribution is -2.59. The number of rotatable bonds is 3. The molecule has 0 radical (unpaired) electrons. The van der Waals surface area contributed by atoms with Gasteiger partial charge >= 0.3 is 0 Å². The fourth-order valence-electron chi connectivity index (χ4n) is 2.85. The molecule has 1 amide bonds. The number of hydrogen-bond donors (Lipinski definition) is 1. The summed E-state index contributed by atoms with van der Waals surface area (Å²) in [5, 5.41) is 3.06. The van der Waals surface area contributed by atoms with Crippen LogP contribution in [0.25, 0.3) is 0 Å². The Morgan fingerprint density at radius 3 is 2.09 bits per heavy atom. The molecule has 1 N–H and O–H groups in total. The molecule has 1 aromatic carbocycles. The van der Waals surface area contributed by atoms with Gasteiger partial charge in [0.25, 0.3) is 0 Å². The van der Waals surface area contributed by atoms with Crippen molar-refractivity contribution in [3.8, 4) is 0 Å². The maximum Gasteiger partial charge on any atom is 0.225 e. The molecular weight excluding hydrogens is 278 g/mol. The zero-order valence-corrected chi connectivity index (χ0v) is 14.5. The first-order chi connectivity index (χ1) is 10.1. The lowest BCUT2D eigenvalue weighted by molar-refractivity contribution is -0.268. The maximum atomic E-state index is 12.4. The molecule has 2 rings (SSSR count). The van der Waals surface area contributed by atoms with Crippen LogP contribution in [0.15, 0.2) is 12.1 Å². The number of benzene rings is 1. The van der Waals surface area contributed by atoms with Crippen molar-refractivity contribution >= 4 is 5.91 Å². The van der Waals surface area contributed by atoms with E-state index in [4.69, 9.17) is 9.47 Å². The summed E-state index contributed by atoms with van der Waals surface area (Å²) in [6.07, 6.45) is 0.386. The molecule has 0 saturated carbocycles. The van der Waals surface area contributed by atoms with Gasteiger partial charge in [-0.15, -0.1) is 0 Å². The van der Waals surface area contributed by atoms with E-state index in [1.807, 2.05) is 20.8 Å². The van der Waals surface area contributed by atoms with Crippen molar-refractivity contribution in [2.45, 2.75) is 59.3 Å². The first kappa shape index (κ1) is 17.0. The molecule has 0 aliphatic carbocycles. The molecule has 1 aliphatic rings. The van der Waals surface area contributed by atoms with Crippen LogP contribution in [0.1, 0.15) is 43.0 Å². The predicted molar refractivity (Wildman–Crippen MR) is 86.9 cm³/mol. The lowest BCUT2D eigenvalue weighted by atomic mass is 9.96. The number of nitrogens with one attached hydrogen (secondary N) is 1. The Bertz CT molecular complexity index is 545. The van der Waals surface area contributed by atoms with Gasteiger partial charge in [0.2, 0.25) is 5.91 Å². The van der Waals surface area contributed by atoms with Crippen LogP contribution in [0.4, 0.5) is 0 Å². The van der Waals surface area contributed by atoms with E-state index in [1.54, 1.807) is 0 Å². The molecule has 0 unspecified atom stereocenters. The minimum absolute atomic E-state index is 0.00413. The Kier molecular flexibility index (Phi) is 4.64. The van der Waals surface area contributed by atoms with Gasteiger partial charge in [-0.1, -0.05) is 17.7 Å². The molecule has 1 fully saturated rings. The third kappa shape index (κ3) is 4.08. The van der Waals surface area contributed by atoms with E-state index >= 15 is 0 Å². The van der Waals surface area contributed by atoms with Crippen LogP contribution in [-0.4, -0.2) is 30.4 Å². The Balaban J connectivity index is 2.02. The fourth-order valence-corrected chi connectivity index (χ4v) is 2.85. The van der Waals surface area contributed by atoms with Crippen molar-refractivity contribution in [1.29, 1.82) is 0 Å². The molecule has 0 bridgehead atoms. The number of amides is 1. The zero-order chi connectivity index (χ0) is 16.5. The molecular formula is C18H27NO3. The summed E-state index contributed by atoms with van der Waals surface area (Å²) < 4.78 is 11.3. The number of carbonyl (C=O) groups excluding carboxylic acids is 1. The lowest BCUT2D eigenvalue weighted by Gasteiger charge is -2.41. The number of carbonyl (C=O) groups is 1. The molecule has 0 spiro atoms. The third-order valence-corrected chi connectivity index (χ3v) is 4.10. The van der Waals surface area contributed by atoms with Crippen LogP contribution < -0.4 is 5.32 Å². The van der Waals surface area contributed by atoms with E-state index in [-0.39, 0.29) is 5.91 Å². The number of ether oxygens (including phenoxy) is 2. The Morgan fingerprint density at radius 1 is 1.09 bits per heavy atom. The Labute approximate surface area is 133 Å². The first-order valence-electron chi connectivity index (χ1n) is 7.76. The molecule has 4 heteroatoms. The number of aryl methyl sites for hydroxylation is 3. The molecule has 1 saturated heterocycles. The summed E-state index contributed by atoms with van der Waals surface area (Å²) in [6.45, 7) is 12.8. The highest BCUT2D eigenvalue weighted by Crippen LogP contribution is 2.23. The van der Waals surface area contributed by atoms with Crippen LogP contribution in [-0.2, 0) is 20.7 Å². The topological polar surface area (TPSA) is 47.6 Å². The summed E-state index contributed by atoms with van der Waals surface area (Å²) >= 11 is 0. The van der Waals surface area contributed by atoms with E-state index in [0.29, 0.717) is 19.6 Å². The standard InChI is InChI=1S/C18H27NO3/c1-12-7-13(2)15(14(3)8-12)9-16(20)19-18(6)10-21-17(4,5)22-11-18/h7-8H,9-11H2,1-6H3,(H,19,20). The normalized spacial score (nSPS) is 19.7. The highest BCUT2D eigenvalue weighted by Gasteiger charge is 2.37. The van der Waals surface area contributed by atoms with Crippen LogP contribution in [0.2, 0.25) is 0 Å². The second-order valence-corrected chi connectivity index (χ2v) is 7.14. The summed E-state index contributed by atoms with van der Waals surface area (Å²) in [5.41, 5.74) is 4.18. The van der Waals surface area contributed by atoms with Gasteiger partial charge in [0.15, 0.2) is 5.79 Å². The van der Waals surface area contributed by atoms with E-state index in [0.717, 1.165) is 16.7 Å². The fraction of sp³-hybridized carbons (Fsp3) is 0.611. The first-order valence-corrected chi connectivity index (χ1v) is 7.76. The SMILES string of the molecule is Cc1cc(C)c(CC(=O)NC2(C)COC(C)(C)OC2)c(C)c1. The molecule has 0 aromatic heterocycles. The highest BCUT2D eigenvalue weighted by molar-refractivity contribution is 5.80. The van der Waals surface area contributed by atoms with Crippen LogP contribution in [0.3, 0.4) is 0 Å². The van der Waals surface area contributed by atoms with Gasteiger partial charge in [0.1, 0.15) is 0 Å². The largest absolute Gasteiger partial charge is 0.348 e. The molecule has 1 aliphatic heterocycles. The zero-order valence-electron chi connectivity index (χ0n) is 14.5. The predicted octanol–water partition coefficient (Wildman–Crippen LogP) is 2.81. The minimum Gasteiger partial charge on any atom is -0.348 e. The average Bonchev–Trinajstić information content (AvgIpc) is 2.38. The third-order valence-electron chi connectivity index (χ3n) is 4.10. The van der Waals surface area contributed by atoms with Gasteiger partial charge in [-0.25, -0.2) is 0 Å². The van der Waals surface area contributed by atoms with Gasteiger partial charge in [0, 0.05) is 0 Å². The van der Waals surface area contributed by atoms with Crippen molar-refractivity contribution in [3.05, 3.63) is 34.4 Å². The van der Waals surface area contributed by atoms with Crippen LogP contribution in [0, 0.1) is 20.8 Å². The van der Waals surface area contributed by atoms with Gasteiger partial charge in [-0.2, -0.15) is 0 Å². The number of hydrogen-bond acceptors (Lipinski definition) is 3. The molecule has 1 aromatic rings. The minimum atomic E-state index is -0.575. The molecule has 1 heterocycles. The average molecular weight is 305 g/mol. The van der Waals surface area contributed by atoms with Gasteiger partial charge in [-0.05, 0) is 58.2 Å². The molecule has 122 valence electrons. The Morgan fingerprint density at radius 2 is 1.59 bits per heavy atom. The highest BCUT2D eigenvalue weighted by atomic mass is 16.7. The summed E-state index contributed by atoms with van der Waals surface area (Å²) in [4.78, 5) is 12.4. The van der Waals surface area contributed by atoms with E-state index in [9.17, 15) is 4.79 Å². The second-order valence-electron chi connectivity index (χ2n) is 7.14. The monoisotopic (exact) mass is 305 g/mol. The van der Waals surface area contributed by atoms with Crippen molar-refractivity contribution in [2.24, 2.45) is 0 Å². The quantitative estimate of drug-likeness (QED) is 0.934. The van der Waals surface area contributed by atoms with Gasteiger partial charge in [0.05, 0.1) is 25.2 Å². The smallest absolute Gasteiger partial charge is 0.225 e. The van der Waals surface area contributed by atoms with E-state index < -0.39 is 11.3 Å². The molecule has 22 heavy (non-hydrogen) atoms. The van der Waals surface area contributed by atoms with Crippen molar-refractivity contribution in [3.63, 3.8) is 0 Å². The summed E-state index contributed by atoms with van der Waals surface area (Å²) in [5.74, 6) is -0.571.